The molecule has 2 aromatic carbocycles. The minimum Gasteiger partial charge on any atom is -0.496 e. The summed E-state index contributed by atoms with van der Waals surface area (Å²) in [5.74, 6) is -4.86. The second-order valence-electron chi connectivity index (χ2n) is 6.48. The Kier molecular flexibility index (Phi) is 5.58. The van der Waals surface area contributed by atoms with Crippen LogP contribution in [0.3, 0.4) is 0 Å². The van der Waals surface area contributed by atoms with Crippen LogP contribution in [0, 0.1) is 37.1 Å². The lowest BCUT2D eigenvalue weighted by atomic mass is 10.1. The summed E-state index contributed by atoms with van der Waals surface area (Å²) < 4.78 is 60.4. The highest BCUT2D eigenvalue weighted by atomic mass is 19.2. The molecule has 5 nitrogen and oxygen atoms in total. The summed E-state index contributed by atoms with van der Waals surface area (Å²) in [5, 5.41) is 2.93. The van der Waals surface area contributed by atoms with Gasteiger partial charge in [-0.25, -0.2) is 13.2 Å². The SMILES string of the molecule is COc1cc(C)c(Nc2nc(=O)c(F)cn2Cc2cc(F)c(F)c(F)c2)cc1C. The predicted molar refractivity (Wildman–Crippen MR) is 99.6 cm³/mol. The van der Waals surface area contributed by atoms with Crippen molar-refractivity contribution in [1.82, 2.24) is 9.55 Å². The highest BCUT2D eigenvalue weighted by molar-refractivity contribution is 5.62. The van der Waals surface area contributed by atoms with E-state index in [1.165, 1.54) is 11.7 Å². The predicted octanol–water partition coefficient (Wildman–Crippen LogP) is 4.22. The first-order valence-corrected chi connectivity index (χ1v) is 8.52. The van der Waals surface area contributed by atoms with Crippen molar-refractivity contribution in [2.24, 2.45) is 0 Å². The Morgan fingerprint density at radius 3 is 2.28 bits per heavy atom. The third-order valence-corrected chi connectivity index (χ3v) is 4.34. The minimum atomic E-state index is -1.60. The first kappa shape index (κ1) is 20.4. The molecule has 0 atom stereocenters. The van der Waals surface area contributed by atoms with E-state index in [4.69, 9.17) is 4.74 Å². The van der Waals surface area contributed by atoms with Crippen LogP contribution in [0.25, 0.3) is 0 Å². The van der Waals surface area contributed by atoms with Gasteiger partial charge < -0.3 is 14.6 Å². The average molecular weight is 407 g/mol. The van der Waals surface area contributed by atoms with Crippen molar-refractivity contribution in [1.29, 1.82) is 0 Å². The molecule has 0 amide bonds. The summed E-state index contributed by atoms with van der Waals surface area (Å²) in [4.78, 5) is 15.4. The molecule has 0 aliphatic rings. The van der Waals surface area contributed by atoms with E-state index in [1.807, 2.05) is 6.92 Å². The van der Waals surface area contributed by atoms with E-state index in [0.29, 0.717) is 11.4 Å². The molecule has 3 rings (SSSR count). The lowest BCUT2D eigenvalue weighted by Gasteiger charge is -2.17. The molecular formula is C20H17F4N3O2. The van der Waals surface area contributed by atoms with Gasteiger partial charge in [-0.1, -0.05) is 0 Å². The molecule has 0 aliphatic carbocycles. The van der Waals surface area contributed by atoms with E-state index in [1.54, 1.807) is 19.1 Å². The molecule has 0 unspecified atom stereocenters. The number of nitrogens with one attached hydrogen (secondary N) is 1. The quantitative estimate of drug-likeness (QED) is 0.508. The highest BCUT2D eigenvalue weighted by Gasteiger charge is 2.15. The van der Waals surface area contributed by atoms with Gasteiger partial charge in [-0.2, -0.15) is 9.37 Å². The van der Waals surface area contributed by atoms with Crippen molar-refractivity contribution in [3.05, 3.63) is 80.8 Å². The Hall–Kier alpha value is -3.36. The second-order valence-corrected chi connectivity index (χ2v) is 6.48. The smallest absolute Gasteiger partial charge is 0.310 e. The van der Waals surface area contributed by atoms with E-state index in [9.17, 15) is 22.4 Å². The van der Waals surface area contributed by atoms with Gasteiger partial charge >= 0.3 is 5.56 Å². The van der Waals surface area contributed by atoms with Crippen LogP contribution in [0.15, 0.2) is 35.3 Å². The van der Waals surface area contributed by atoms with Gasteiger partial charge in [-0.15, -0.1) is 0 Å². The maximum Gasteiger partial charge on any atom is 0.310 e. The second kappa shape index (κ2) is 7.94. The lowest BCUT2D eigenvalue weighted by Crippen LogP contribution is -2.20. The highest BCUT2D eigenvalue weighted by Crippen LogP contribution is 2.28. The summed E-state index contributed by atoms with van der Waals surface area (Å²) in [6, 6.07) is 5.11. The number of methoxy groups -OCH3 is 1. The summed E-state index contributed by atoms with van der Waals surface area (Å²) in [7, 11) is 1.54. The van der Waals surface area contributed by atoms with Crippen LogP contribution in [-0.2, 0) is 6.54 Å². The first-order valence-electron chi connectivity index (χ1n) is 8.52. The monoisotopic (exact) mass is 407 g/mol. The Bertz CT molecular complexity index is 1120. The fourth-order valence-electron chi connectivity index (χ4n) is 2.85. The molecule has 0 bridgehead atoms. The number of aromatic nitrogens is 2. The van der Waals surface area contributed by atoms with E-state index in [0.717, 1.165) is 29.5 Å². The zero-order valence-corrected chi connectivity index (χ0v) is 15.8. The van der Waals surface area contributed by atoms with Crippen LogP contribution >= 0.6 is 0 Å². The number of anilines is 2. The third-order valence-electron chi connectivity index (χ3n) is 4.34. The van der Waals surface area contributed by atoms with Crippen LogP contribution in [0.1, 0.15) is 16.7 Å². The van der Waals surface area contributed by atoms with E-state index in [2.05, 4.69) is 10.3 Å². The fraction of sp³-hybridized carbons (Fsp3) is 0.200. The number of ether oxygens (including phenoxy) is 1. The zero-order valence-electron chi connectivity index (χ0n) is 15.8. The van der Waals surface area contributed by atoms with Crippen molar-refractivity contribution in [2.45, 2.75) is 20.4 Å². The molecule has 9 heteroatoms. The number of hydrogen-bond donors (Lipinski definition) is 1. The number of hydrogen-bond acceptors (Lipinski definition) is 4. The molecule has 0 spiro atoms. The summed E-state index contributed by atoms with van der Waals surface area (Å²) >= 11 is 0. The van der Waals surface area contributed by atoms with Crippen LogP contribution < -0.4 is 15.6 Å². The zero-order chi connectivity index (χ0) is 21.3. The summed E-state index contributed by atoms with van der Waals surface area (Å²) in [6.07, 6.45) is 0.864. The van der Waals surface area contributed by atoms with Crippen molar-refractivity contribution < 1.29 is 22.3 Å². The van der Waals surface area contributed by atoms with E-state index in [-0.39, 0.29) is 18.1 Å². The molecule has 152 valence electrons. The van der Waals surface area contributed by atoms with Crippen molar-refractivity contribution in [2.75, 3.05) is 12.4 Å². The van der Waals surface area contributed by atoms with Crippen molar-refractivity contribution in [3.63, 3.8) is 0 Å². The maximum absolute atomic E-state index is 13.8. The van der Waals surface area contributed by atoms with Crippen LogP contribution in [0.5, 0.6) is 5.75 Å². The van der Waals surface area contributed by atoms with Crippen molar-refractivity contribution >= 4 is 11.6 Å². The first-order chi connectivity index (χ1) is 13.7. The number of benzene rings is 2. The Morgan fingerprint density at radius 2 is 1.66 bits per heavy atom. The van der Waals surface area contributed by atoms with Crippen LogP contribution in [-0.4, -0.2) is 16.7 Å². The molecule has 29 heavy (non-hydrogen) atoms. The molecule has 0 saturated heterocycles. The van der Waals surface area contributed by atoms with Crippen LogP contribution in [0.4, 0.5) is 29.2 Å². The number of nitrogens with zero attached hydrogens (tertiary/aromatic N) is 2. The molecule has 1 N–H and O–H groups in total. The van der Waals surface area contributed by atoms with Gasteiger partial charge in [0.15, 0.2) is 17.5 Å². The number of rotatable bonds is 5. The standard InChI is InChI=1S/C20H17F4N3O2/c1-10-5-17(29-3)11(2)4-16(10)25-20-26-19(28)15(23)9-27(20)8-12-6-13(21)18(24)14(22)7-12/h4-7,9H,8H2,1-3H3,(H,25,26,28). The van der Waals surface area contributed by atoms with Gasteiger partial charge in [-0.3, -0.25) is 4.79 Å². The van der Waals surface area contributed by atoms with Gasteiger partial charge in [0.25, 0.3) is 0 Å². The Labute approximate surface area is 163 Å². The van der Waals surface area contributed by atoms with E-state index < -0.39 is 28.8 Å². The summed E-state index contributed by atoms with van der Waals surface area (Å²) in [6.45, 7) is 3.36. The lowest BCUT2D eigenvalue weighted by molar-refractivity contribution is 0.411. The van der Waals surface area contributed by atoms with Gasteiger partial charge in [-0.05, 0) is 54.8 Å². The minimum absolute atomic E-state index is 0.0249. The number of halogens is 4. The Morgan fingerprint density at radius 1 is 1.00 bits per heavy atom. The molecular weight excluding hydrogens is 390 g/mol. The van der Waals surface area contributed by atoms with E-state index >= 15 is 0 Å². The van der Waals surface area contributed by atoms with Gasteiger partial charge in [0.1, 0.15) is 5.75 Å². The third kappa shape index (κ3) is 4.23. The summed E-state index contributed by atoms with van der Waals surface area (Å²) in [5.41, 5.74) is 1.07. The molecule has 1 heterocycles. The molecule has 0 radical (unpaired) electrons. The van der Waals surface area contributed by atoms with Crippen LogP contribution in [0.2, 0.25) is 0 Å². The molecule has 3 aromatic rings. The van der Waals surface area contributed by atoms with Gasteiger partial charge in [0.05, 0.1) is 13.7 Å². The molecule has 0 aliphatic heterocycles. The largest absolute Gasteiger partial charge is 0.496 e. The maximum atomic E-state index is 13.8. The Balaban J connectivity index is 2.03. The fourth-order valence-corrected chi connectivity index (χ4v) is 2.85. The average Bonchev–Trinajstić information content (AvgIpc) is 2.66. The number of aryl methyl sites for hydroxylation is 2. The van der Waals surface area contributed by atoms with Gasteiger partial charge in [0, 0.05) is 11.9 Å². The van der Waals surface area contributed by atoms with Gasteiger partial charge in [0.2, 0.25) is 11.8 Å². The topological polar surface area (TPSA) is 56.1 Å². The molecule has 0 fully saturated rings. The van der Waals surface area contributed by atoms with Crippen molar-refractivity contribution in [3.8, 4) is 5.75 Å². The normalized spacial score (nSPS) is 10.9. The molecule has 1 aromatic heterocycles. The molecule has 0 saturated carbocycles.